The van der Waals surface area contributed by atoms with Crippen LogP contribution in [0.2, 0.25) is 0 Å². The van der Waals surface area contributed by atoms with E-state index in [1.165, 1.54) is 34.3 Å². The van der Waals surface area contributed by atoms with Gasteiger partial charge in [0.2, 0.25) is 12.3 Å². The van der Waals surface area contributed by atoms with Crippen LogP contribution in [0.1, 0.15) is 38.5 Å². The third-order valence-electron chi connectivity index (χ3n) is 5.59. The summed E-state index contributed by atoms with van der Waals surface area (Å²) in [5.41, 5.74) is 0.431. The quantitative estimate of drug-likeness (QED) is 0.414. The second-order valence-electron chi connectivity index (χ2n) is 7.69. The minimum atomic E-state index is -0.576. The maximum absolute atomic E-state index is 13.2. The lowest BCUT2D eigenvalue weighted by Gasteiger charge is -2.32. The molecule has 0 spiro atoms. The molecule has 1 heterocycles. The number of hydroxylamine groups is 2. The van der Waals surface area contributed by atoms with Crippen LogP contribution in [-0.4, -0.2) is 58.3 Å². The van der Waals surface area contributed by atoms with E-state index in [1.807, 2.05) is 0 Å². The molecule has 0 radical (unpaired) electrons. The highest BCUT2D eigenvalue weighted by Gasteiger charge is 2.36. The van der Waals surface area contributed by atoms with Crippen molar-refractivity contribution in [3.8, 4) is 0 Å². The maximum atomic E-state index is 13.2. The van der Waals surface area contributed by atoms with Gasteiger partial charge in [0, 0.05) is 18.8 Å². The van der Waals surface area contributed by atoms with E-state index in [1.54, 1.807) is 0 Å². The lowest BCUT2D eigenvalue weighted by Crippen LogP contribution is -2.50. The summed E-state index contributed by atoms with van der Waals surface area (Å²) in [5, 5.41) is 15.6. The Bertz CT molecular complexity index is 724. The first-order chi connectivity index (χ1) is 14.0. The van der Waals surface area contributed by atoms with Crippen LogP contribution in [0, 0.1) is 17.7 Å². The number of carbonyl (C=O) groups is 3. The van der Waals surface area contributed by atoms with Gasteiger partial charge in [0.15, 0.2) is 0 Å². The number of rotatable bonds is 7. The Morgan fingerprint density at radius 3 is 2.48 bits per heavy atom. The first-order valence-electron chi connectivity index (χ1n) is 10.0. The zero-order chi connectivity index (χ0) is 20.8. The number of hydrogen-bond donors (Lipinski definition) is 2. The third kappa shape index (κ3) is 5.44. The van der Waals surface area contributed by atoms with Gasteiger partial charge < -0.3 is 5.32 Å². The van der Waals surface area contributed by atoms with Gasteiger partial charge in [-0.05, 0) is 43.0 Å². The lowest BCUT2D eigenvalue weighted by molar-refractivity contribution is -0.160. The Morgan fingerprint density at radius 2 is 1.83 bits per heavy atom. The van der Waals surface area contributed by atoms with E-state index in [4.69, 9.17) is 0 Å². The highest BCUT2D eigenvalue weighted by atomic mass is 19.1. The van der Waals surface area contributed by atoms with Crippen LogP contribution >= 0.6 is 0 Å². The second-order valence-corrected chi connectivity index (χ2v) is 7.69. The molecule has 1 aromatic rings. The fourth-order valence-electron chi connectivity index (χ4n) is 4.15. The van der Waals surface area contributed by atoms with Crippen molar-refractivity contribution in [1.29, 1.82) is 0 Å². The van der Waals surface area contributed by atoms with Gasteiger partial charge in [-0.15, -0.1) is 0 Å². The molecule has 4 amide bonds. The Kier molecular flexibility index (Phi) is 7.03. The maximum Gasteiger partial charge on any atom is 0.340 e. The molecule has 1 aliphatic heterocycles. The van der Waals surface area contributed by atoms with E-state index in [0.717, 1.165) is 25.7 Å². The Balaban J connectivity index is 1.68. The molecule has 1 aliphatic carbocycles. The molecule has 2 fully saturated rings. The van der Waals surface area contributed by atoms with Gasteiger partial charge in [-0.25, -0.2) is 24.3 Å². The number of amides is 4. The predicted molar refractivity (Wildman–Crippen MR) is 103 cm³/mol. The van der Waals surface area contributed by atoms with Crippen LogP contribution in [-0.2, 0) is 9.59 Å². The molecule has 2 N–H and O–H groups in total. The topological polar surface area (TPSA) is 93.2 Å². The van der Waals surface area contributed by atoms with E-state index in [2.05, 4.69) is 5.32 Å². The largest absolute Gasteiger partial charge is 0.340 e. The number of urea groups is 1. The number of benzene rings is 1. The predicted octanol–water partition coefficient (Wildman–Crippen LogP) is 2.85. The molecular weight excluding hydrogens is 379 g/mol. The fraction of sp³-hybridized carbons (Fsp3) is 0.550. The molecule has 1 saturated carbocycles. The summed E-state index contributed by atoms with van der Waals surface area (Å²) in [7, 11) is 0. The van der Waals surface area contributed by atoms with Crippen LogP contribution in [0.4, 0.5) is 14.9 Å². The third-order valence-corrected chi connectivity index (χ3v) is 5.59. The minimum Gasteiger partial charge on any atom is -0.306 e. The molecule has 0 bridgehead atoms. The summed E-state index contributed by atoms with van der Waals surface area (Å²) in [6, 6.07) is 4.92. The number of halogens is 1. The smallest absolute Gasteiger partial charge is 0.306 e. The van der Waals surface area contributed by atoms with Crippen LogP contribution in [0.5, 0.6) is 0 Å². The van der Waals surface area contributed by atoms with Crippen molar-refractivity contribution in [3.05, 3.63) is 30.1 Å². The molecule has 9 heteroatoms. The number of nitrogens with zero attached hydrogens (tertiary/aromatic N) is 3. The Morgan fingerprint density at radius 1 is 1.17 bits per heavy atom. The normalized spacial score (nSPS) is 18.0. The van der Waals surface area contributed by atoms with Crippen molar-refractivity contribution in [3.63, 3.8) is 0 Å². The van der Waals surface area contributed by atoms with Crippen LogP contribution in [0.25, 0.3) is 0 Å². The molecule has 158 valence electrons. The standard InChI is InChI=1S/C20H27FN4O4/c21-17-6-8-18(9-7-17)22-20(28)25-11-3-10-24(25)19(27)16(13-23(29)14-26)12-15-4-1-2-5-15/h6-9,14-16,29H,1-5,10-13H2,(H,22,28)/t16-/m1/s1. The zero-order valence-corrected chi connectivity index (χ0v) is 16.3. The monoisotopic (exact) mass is 406 g/mol. The van der Waals surface area contributed by atoms with E-state index >= 15 is 0 Å². The van der Waals surface area contributed by atoms with E-state index in [0.29, 0.717) is 42.6 Å². The first kappa shape index (κ1) is 21.0. The molecule has 3 rings (SSSR count). The van der Waals surface area contributed by atoms with Crippen molar-refractivity contribution in [1.82, 2.24) is 15.1 Å². The van der Waals surface area contributed by atoms with Gasteiger partial charge in [-0.1, -0.05) is 25.7 Å². The molecule has 29 heavy (non-hydrogen) atoms. The molecule has 1 saturated heterocycles. The van der Waals surface area contributed by atoms with Gasteiger partial charge in [0.25, 0.3) is 0 Å². The zero-order valence-electron chi connectivity index (χ0n) is 16.3. The average molecular weight is 406 g/mol. The van der Waals surface area contributed by atoms with Crippen LogP contribution in [0.15, 0.2) is 24.3 Å². The summed E-state index contributed by atoms with van der Waals surface area (Å²) in [6.45, 7) is 0.678. The highest BCUT2D eigenvalue weighted by Crippen LogP contribution is 2.32. The van der Waals surface area contributed by atoms with Gasteiger partial charge >= 0.3 is 6.03 Å². The summed E-state index contributed by atoms with van der Waals surface area (Å²) in [6.07, 6.45) is 5.81. The van der Waals surface area contributed by atoms with Gasteiger partial charge in [0.1, 0.15) is 5.82 Å². The summed E-state index contributed by atoms with van der Waals surface area (Å²) in [4.78, 5) is 36.7. The van der Waals surface area contributed by atoms with Crippen molar-refractivity contribution in [2.75, 3.05) is 25.0 Å². The van der Waals surface area contributed by atoms with E-state index in [9.17, 15) is 24.0 Å². The minimum absolute atomic E-state index is 0.0945. The molecular formula is C20H27FN4O4. The Hall–Kier alpha value is -2.68. The fourth-order valence-corrected chi connectivity index (χ4v) is 4.15. The highest BCUT2D eigenvalue weighted by molar-refractivity contribution is 5.91. The molecule has 1 atom stereocenters. The SMILES string of the molecule is O=CN(O)C[C@@H](CC1CCCC1)C(=O)N1CCCN1C(=O)Nc1ccc(F)cc1. The molecule has 0 aromatic heterocycles. The van der Waals surface area contributed by atoms with E-state index < -0.39 is 17.8 Å². The molecule has 2 aliphatic rings. The number of nitrogens with one attached hydrogen (secondary N) is 1. The number of anilines is 1. The van der Waals surface area contributed by atoms with Crippen molar-refractivity contribution >= 4 is 24.0 Å². The number of hydrogen-bond acceptors (Lipinski definition) is 4. The van der Waals surface area contributed by atoms with Gasteiger partial charge in [0.05, 0.1) is 12.5 Å². The summed E-state index contributed by atoms with van der Waals surface area (Å²) in [5.74, 6) is -0.871. The van der Waals surface area contributed by atoms with Crippen molar-refractivity contribution in [2.45, 2.75) is 38.5 Å². The number of hydrazine groups is 1. The molecule has 1 aromatic carbocycles. The van der Waals surface area contributed by atoms with Gasteiger partial charge in [-0.3, -0.25) is 14.8 Å². The first-order valence-corrected chi connectivity index (χ1v) is 10.0. The Labute approximate surface area is 169 Å². The molecule has 8 nitrogen and oxygen atoms in total. The van der Waals surface area contributed by atoms with Crippen molar-refractivity contribution in [2.24, 2.45) is 11.8 Å². The average Bonchev–Trinajstić information content (AvgIpc) is 3.40. The van der Waals surface area contributed by atoms with E-state index in [-0.39, 0.29) is 18.9 Å². The van der Waals surface area contributed by atoms with Gasteiger partial charge in [-0.2, -0.15) is 0 Å². The molecule has 0 unspecified atom stereocenters. The lowest BCUT2D eigenvalue weighted by atomic mass is 9.92. The summed E-state index contributed by atoms with van der Waals surface area (Å²) < 4.78 is 13.1. The second kappa shape index (κ2) is 9.69. The number of carbonyl (C=O) groups excluding carboxylic acids is 3. The van der Waals surface area contributed by atoms with Crippen LogP contribution < -0.4 is 5.32 Å². The van der Waals surface area contributed by atoms with Crippen LogP contribution in [0.3, 0.4) is 0 Å². The summed E-state index contributed by atoms with van der Waals surface area (Å²) >= 11 is 0. The van der Waals surface area contributed by atoms with Crippen molar-refractivity contribution < 1.29 is 24.0 Å².